The molecule has 0 N–H and O–H groups in total. The molecule has 0 saturated carbocycles. The fraction of sp³-hybridized carbons (Fsp3) is 0.478. The van der Waals surface area contributed by atoms with Crippen molar-refractivity contribution < 1.29 is 4.79 Å². The number of likely N-dealkylation sites (N-methyl/N-ethyl adjacent to an activating group) is 1. The number of carbonyl (C=O) groups excluding carboxylic acids is 1. The number of rotatable bonds is 5. The van der Waals surface area contributed by atoms with Crippen molar-refractivity contribution >= 4 is 51.7 Å². The third kappa shape index (κ3) is 4.60. The van der Waals surface area contributed by atoms with E-state index in [1.165, 1.54) is 11.8 Å². The minimum absolute atomic E-state index is 0.126. The summed E-state index contributed by atoms with van der Waals surface area (Å²) in [5.74, 6) is 0.989. The largest absolute Gasteiger partial charge is 0.353 e. The number of hydrogen-bond donors (Lipinski definition) is 0. The van der Waals surface area contributed by atoms with E-state index < -0.39 is 0 Å². The second kappa shape index (κ2) is 9.33. The fourth-order valence-corrected chi connectivity index (χ4v) is 5.13. The molecule has 0 radical (unpaired) electrons. The molecule has 2 aliphatic rings. The second-order valence-electron chi connectivity index (χ2n) is 8.90. The minimum atomic E-state index is -0.167. The average Bonchev–Trinajstić information content (AvgIpc) is 3.02. The van der Waals surface area contributed by atoms with Crippen LogP contribution in [-0.4, -0.2) is 69.2 Å². The van der Waals surface area contributed by atoms with Gasteiger partial charge < -0.3 is 9.80 Å². The number of piperazine rings is 1. The fourth-order valence-electron chi connectivity index (χ4n) is 3.84. The third-order valence-electron chi connectivity index (χ3n) is 5.87. The monoisotopic (exact) mass is 471 g/mol. The topological polar surface area (TPSA) is 61.2 Å². The molecule has 1 amide bonds. The Morgan fingerprint density at radius 3 is 2.59 bits per heavy atom. The average molecular weight is 472 g/mol. The number of carbonyl (C=O) groups is 1. The van der Waals surface area contributed by atoms with Gasteiger partial charge in [-0.25, -0.2) is 4.98 Å². The van der Waals surface area contributed by atoms with E-state index in [9.17, 15) is 9.59 Å². The quantitative estimate of drug-likeness (QED) is 0.491. The van der Waals surface area contributed by atoms with Crippen molar-refractivity contribution in [1.82, 2.24) is 19.2 Å². The van der Waals surface area contributed by atoms with Gasteiger partial charge >= 0.3 is 0 Å². The zero-order chi connectivity index (χ0) is 23.0. The van der Waals surface area contributed by atoms with Gasteiger partial charge in [0.1, 0.15) is 15.8 Å². The number of fused-ring (bicyclic) bond motifs is 1. The van der Waals surface area contributed by atoms with E-state index in [0.29, 0.717) is 38.7 Å². The van der Waals surface area contributed by atoms with Crippen molar-refractivity contribution in [3.05, 3.63) is 44.7 Å². The van der Waals surface area contributed by atoms with Gasteiger partial charge in [0.2, 0.25) is 0 Å². The molecular weight excluding hydrogens is 442 g/mol. The first kappa shape index (κ1) is 22.9. The summed E-state index contributed by atoms with van der Waals surface area (Å²) in [6.45, 7) is 10.1. The van der Waals surface area contributed by atoms with Crippen molar-refractivity contribution in [3.8, 4) is 0 Å². The first-order valence-corrected chi connectivity index (χ1v) is 12.2. The maximum absolute atomic E-state index is 13.6. The van der Waals surface area contributed by atoms with Crippen LogP contribution >= 0.6 is 24.0 Å². The first-order valence-electron chi connectivity index (χ1n) is 11.0. The highest BCUT2D eigenvalue weighted by Gasteiger charge is 2.33. The van der Waals surface area contributed by atoms with E-state index >= 15 is 0 Å². The van der Waals surface area contributed by atoms with Crippen LogP contribution in [0.15, 0.2) is 28.0 Å². The molecule has 0 atom stereocenters. The number of thiocarbonyl (C=S) groups is 1. The highest BCUT2D eigenvalue weighted by molar-refractivity contribution is 8.26. The van der Waals surface area contributed by atoms with Crippen LogP contribution in [0.4, 0.5) is 5.82 Å². The standard InChI is InChI=1S/C23H29N5O2S2/c1-15(2)7-8-27-22(30)18(32-23(27)31)13-17-20(26-11-9-25(4)10-12-26)24-19-6-5-16(3)14-28(19)21(17)29/h5-6,13-15H,7-12H2,1-4H3/b18-13+. The molecule has 4 heterocycles. The Hall–Kier alpha value is -2.23. The third-order valence-corrected chi connectivity index (χ3v) is 7.25. The van der Waals surface area contributed by atoms with E-state index in [0.717, 1.165) is 38.2 Å². The molecule has 32 heavy (non-hydrogen) atoms. The summed E-state index contributed by atoms with van der Waals surface area (Å²) in [5, 5.41) is 0. The molecule has 170 valence electrons. The van der Waals surface area contributed by atoms with E-state index in [-0.39, 0.29) is 11.5 Å². The number of amides is 1. The number of aromatic nitrogens is 2. The smallest absolute Gasteiger partial charge is 0.267 e. The molecule has 0 aromatic carbocycles. The van der Waals surface area contributed by atoms with Gasteiger partial charge in [-0.15, -0.1) is 0 Å². The molecule has 0 bridgehead atoms. The van der Waals surface area contributed by atoms with Crippen molar-refractivity contribution in [2.45, 2.75) is 27.2 Å². The van der Waals surface area contributed by atoms with Crippen molar-refractivity contribution in [1.29, 1.82) is 0 Å². The lowest BCUT2D eigenvalue weighted by molar-refractivity contribution is -0.122. The SMILES string of the molecule is Cc1ccc2nc(N3CCN(C)CC3)c(/C=C3/SC(=S)N(CCC(C)C)C3=O)c(=O)n2c1. The van der Waals surface area contributed by atoms with Crippen LogP contribution in [0.1, 0.15) is 31.4 Å². The van der Waals surface area contributed by atoms with Crippen LogP contribution in [0.3, 0.4) is 0 Å². The number of hydrogen-bond acceptors (Lipinski definition) is 7. The molecule has 2 aromatic heterocycles. The van der Waals surface area contributed by atoms with Gasteiger partial charge in [-0.2, -0.15) is 0 Å². The number of aryl methyl sites for hydroxylation is 1. The Balaban J connectivity index is 1.79. The molecule has 2 saturated heterocycles. The Labute approximate surface area is 198 Å². The van der Waals surface area contributed by atoms with E-state index in [1.807, 2.05) is 19.1 Å². The summed E-state index contributed by atoms with van der Waals surface area (Å²) in [5.41, 5.74) is 1.86. The maximum atomic E-state index is 13.6. The molecule has 7 nitrogen and oxygen atoms in total. The summed E-state index contributed by atoms with van der Waals surface area (Å²) < 4.78 is 2.12. The Morgan fingerprint density at radius 2 is 1.91 bits per heavy atom. The molecule has 0 spiro atoms. The van der Waals surface area contributed by atoms with Gasteiger partial charge in [0.05, 0.1) is 10.5 Å². The lowest BCUT2D eigenvalue weighted by Crippen LogP contribution is -2.45. The zero-order valence-electron chi connectivity index (χ0n) is 19.0. The van der Waals surface area contributed by atoms with Gasteiger partial charge in [-0.3, -0.25) is 18.9 Å². The van der Waals surface area contributed by atoms with Crippen LogP contribution in [-0.2, 0) is 4.79 Å². The Morgan fingerprint density at radius 1 is 1.19 bits per heavy atom. The summed E-state index contributed by atoms with van der Waals surface area (Å²) in [7, 11) is 2.09. The molecule has 0 unspecified atom stereocenters. The van der Waals surface area contributed by atoms with Crippen LogP contribution < -0.4 is 10.5 Å². The minimum Gasteiger partial charge on any atom is -0.353 e. The molecule has 0 aliphatic carbocycles. The molecule has 2 aromatic rings. The van der Waals surface area contributed by atoms with E-state index in [1.54, 1.807) is 21.6 Å². The molecular formula is C23H29N5O2S2. The zero-order valence-corrected chi connectivity index (χ0v) is 20.6. The highest BCUT2D eigenvalue weighted by Crippen LogP contribution is 2.34. The van der Waals surface area contributed by atoms with E-state index in [2.05, 4.69) is 30.7 Å². The maximum Gasteiger partial charge on any atom is 0.267 e. The molecule has 2 fully saturated rings. The summed E-state index contributed by atoms with van der Waals surface area (Å²) in [4.78, 5) is 38.0. The number of pyridine rings is 1. The first-order chi connectivity index (χ1) is 15.2. The lowest BCUT2D eigenvalue weighted by atomic mass is 10.1. The van der Waals surface area contributed by atoms with Crippen LogP contribution in [0.2, 0.25) is 0 Å². The second-order valence-corrected chi connectivity index (χ2v) is 10.6. The summed E-state index contributed by atoms with van der Waals surface area (Å²) >= 11 is 6.74. The number of anilines is 1. The Kier molecular flexibility index (Phi) is 6.69. The van der Waals surface area contributed by atoms with Crippen molar-refractivity contribution in [3.63, 3.8) is 0 Å². The van der Waals surface area contributed by atoms with Crippen molar-refractivity contribution in [2.24, 2.45) is 5.92 Å². The molecule has 2 aliphatic heterocycles. The van der Waals surface area contributed by atoms with Crippen LogP contribution in [0, 0.1) is 12.8 Å². The predicted molar refractivity (Wildman–Crippen MR) is 135 cm³/mol. The molecule has 9 heteroatoms. The van der Waals surface area contributed by atoms with Gasteiger partial charge in [-0.05, 0) is 44.0 Å². The molecule has 4 rings (SSSR count). The summed E-state index contributed by atoms with van der Waals surface area (Å²) in [6.07, 6.45) is 4.38. The Bertz CT molecular complexity index is 1150. The van der Waals surface area contributed by atoms with Gasteiger partial charge in [0.15, 0.2) is 0 Å². The van der Waals surface area contributed by atoms with Crippen molar-refractivity contribution in [2.75, 3.05) is 44.7 Å². The van der Waals surface area contributed by atoms with Crippen LogP contribution in [0.25, 0.3) is 11.7 Å². The lowest BCUT2D eigenvalue weighted by Gasteiger charge is -2.34. The highest BCUT2D eigenvalue weighted by atomic mass is 32.2. The predicted octanol–water partition coefficient (Wildman–Crippen LogP) is 3.00. The normalized spacial score (nSPS) is 19.2. The number of thioether (sulfide) groups is 1. The van der Waals surface area contributed by atoms with Gasteiger partial charge in [-0.1, -0.05) is 43.9 Å². The number of nitrogens with zero attached hydrogens (tertiary/aromatic N) is 5. The van der Waals surface area contributed by atoms with Gasteiger partial charge in [0, 0.05) is 38.9 Å². The van der Waals surface area contributed by atoms with Crippen LogP contribution in [0.5, 0.6) is 0 Å². The summed E-state index contributed by atoms with van der Waals surface area (Å²) in [6, 6.07) is 3.82. The van der Waals surface area contributed by atoms with Gasteiger partial charge in [0.25, 0.3) is 11.5 Å². The van der Waals surface area contributed by atoms with E-state index in [4.69, 9.17) is 17.2 Å².